The number of benzene rings is 1. The molecule has 2 rings (SSSR count). The van der Waals surface area contributed by atoms with E-state index in [9.17, 15) is 10.1 Å². The van der Waals surface area contributed by atoms with Gasteiger partial charge < -0.3 is 10.2 Å². The van der Waals surface area contributed by atoms with Crippen LogP contribution in [0.4, 0.5) is 11.4 Å². The number of likely N-dealkylation sites (N-methyl/N-ethyl adjacent to an activating group) is 1. The van der Waals surface area contributed by atoms with Crippen LogP contribution in [-0.4, -0.2) is 35.5 Å². The van der Waals surface area contributed by atoms with Crippen molar-refractivity contribution in [3.05, 3.63) is 33.9 Å². The smallest absolute Gasteiger partial charge is 0.274 e. The standard InChI is InChI=1S/C14H21N3O2/c1-3-16-8-4-5-13(10-16)15-12-7-6-11(2)14(9-12)17(18)19/h6-7,9,13,15H,3-5,8,10H2,1-2H3. The second-order valence-corrected chi connectivity index (χ2v) is 5.14. The third-order valence-electron chi connectivity index (χ3n) is 3.73. The second kappa shape index (κ2) is 6.02. The van der Waals surface area contributed by atoms with Crippen molar-refractivity contribution in [3.8, 4) is 0 Å². The summed E-state index contributed by atoms with van der Waals surface area (Å²) in [7, 11) is 0. The number of nitrogens with zero attached hydrogens (tertiary/aromatic N) is 2. The van der Waals surface area contributed by atoms with Crippen molar-refractivity contribution >= 4 is 11.4 Å². The van der Waals surface area contributed by atoms with E-state index in [1.54, 1.807) is 19.1 Å². The van der Waals surface area contributed by atoms with E-state index in [2.05, 4.69) is 17.1 Å². The Morgan fingerprint density at radius 3 is 3.00 bits per heavy atom. The minimum absolute atomic E-state index is 0.188. The third kappa shape index (κ3) is 3.44. The van der Waals surface area contributed by atoms with E-state index in [0.717, 1.165) is 31.7 Å². The summed E-state index contributed by atoms with van der Waals surface area (Å²) in [6.45, 7) is 7.16. The molecule has 0 bridgehead atoms. The fraction of sp³-hybridized carbons (Fsp3) is 0.571. The predicted octanol–water partition coefficient (Wildman–Crippen LogP) is 2.80. The summed E-state index contributed by atoms with van der Waals surface area (Å²) in [5, 5.41) is 14.4. The number of hydrogen-bond acceptors (Lipinski definition) is 4. The minimum Gasteiger partial charge on any atom is -0.381 e. The number of nitro groups is 1. The molecule has 0 aliphatic carbocycles. The van der Waals surface area contributed by atoms with Gasteiger partial charge >= 0.3 is 0 Å². The Hall–Kier alpha value is -1.62. The number of anilines is 1. The number of rotatable bonds is 4. The Morgan fingerprint density at radius 2 is 2.32 bits per heavy atom. The Kier molecular flexibility index (Phi) is 4.37. The van der Waals surface area contributed by atoms with Gasteiger partial charge in [0.1, 0.15) is 0 Å². The van der Waals surface area contributed by atoms with Crippen LogP contribution in [0.3, 0.4) is 0 Å². The van der Waals surface area contributed by atoms with Gasteiger partial charge in [-0.15, -0.1) is 0 Å². The molecule has 1 unspecified atom stereocenters. The zero-order chi connectivity index (χ0) is 13.8. The van der Waals surface area contributed by atoms with Crippen molar-refractivity contribution in [2.24, 2.45) is 0 Å². The van der Waals surface area contributed by atoms with E-state index in [4.69, 9.17) is 0 Å². The fourth-order valence-corrected chi connectivity index (χ4v) is 2.59. The van der Waals surface area contributed by atoms with E-state index in [0.29, 0.717) is 11.6 Å². The minimum atomic E-state index is -0.320. The normalized spacial score (nSPS) is 20.2. The number of hydrogen-bond donors (Lipinski definition) is 1. The van der Waals surface area contributed by atoms with Gasteiger partial charge in [-0.05, 0) is 38.9 Å². The quantitative estimate of drug-likeness (QED) is 0.670. The zero-order valence-electron chi connectivity index (χ0n) is 11.6. The Morgan fingerprint density at radius 1 is 1.53 bits per heavy atom. The van der Waals surface area contributed by atoms with Crippen LogP contribution in [0.25, 0.3) is 0 Å². The number of nitrogens with one attached hydrogen (secondary N) is 1. The summed E-state index contributed by atoms with van der Waals surface area (Å²) in [5.41, 5.74) is 1.74. The highest BCUT2D eigenvalue weighted by atomic mass is 16.6. The number of nitro benzene ring substituents is 1. The number of piperidine rings is 1. The average molecular weight is 263 g/mol. The van der Waals surface area contributed by atoms with Gasteiger partial charge in [-0.1, -0.05) is 13.0 Å². The molecule has 5 nitrogen and oxygen atoms in total. The van der Waals surface area contributed by atoms with E-state index >= 15 is 0 Å². The summed E-state index contributed by atoms with van der Waals surface area (Å²) in [5.74, 6) is 0. The topological polar surface area (TPSA) is 58.4 Å². The molecule has 0 amide bonds. The average Bonchev–Trinajstić information content (AvgIpc) is 2.41. The first-order chi connectivity index (χ1) is 9.10. The Balaban J connectivity index is 2.06. The van der Waals surface area contributed by atoms with Gasteiger partial charge in [-0.25, -0.2) is 0 Å². The molecule has 0 spiro atoms. The van der Waals surface area contributed by atoms with Crippen LogP contribution in [0.5, 0.6) is 0 Å². The van der Waals surface area contributed by atoms with Crippen molar-refractivity contribution in [1.29, 1.82) is 0 Å². The highest BCUT2D eigenvalue weighted by Crippen LogP contribution is 2.24. The molecule has 0 radical (unpaired) electrons. The molecule has 1 aliphatic rings. The molecule has 0 aromatic heterocycles. The summed E-state index contributed by atoms with van der Waals surface area (Å²) in [6.07, 6.45) is 2.30. The van der Waals surface area contributed by atoms with Crippen LogP contribution in [0.2, 0.25) is 0 Å². The second-order valence-electron chi connectivity index (χ2n) is 5.14. The molecule has 104 valence electrons. The van der Waals surface area contributed by atoms with E-state index in [1.807, 2.05) is 6.07 Å². The molecule has 1 aromatic carbocycles. The largest absolute Gasteiger partial charge is 0.381 e. The van der Waals surface area contributed by atoms with Crippen LogP contribution in [0, 0.1) is 17.0 Å². The fourth-order valence-electron chi connectivity index (χ4n) is 2.59. The maximum absolute atomic E-state index is 10.9. The highest BCUT2D eigenvalue weighted by molar-refractivity contribution is 5.55. The third-order valence-corrected chi connectivity index (χ3v) is 3.73. The predicted molar refractivity (Wildman–Crippen MR) is 76.6 cm³/mol. The lowest BCUT2D eigenvalue weighted by molar-refractivity contribution is -0.385. The summed E-state index contributed by atoms with van der Waals surface area (Å²) < 4.78 is 0. The number of aryl methyl sites for hydroxylation is 1. The molecule has 1 saturated heterocycles. The van der Waals surface area contributed by atoms with Crippen LogP contribution < -0.4 is 5.32 Å². The highest BCUT2D eigenvalue weighted by Gasteiger charge is 2.19. The molecule has 1 aliphatic heterocycles. The van der Waals surface area contributed by atoms with Crippen LogP contribution in [0.1, 0.15) is 25.3 Å². The molecule has 1 heterocycles. The molecule has 19 heavy (non-hydrogen) atoms. The van der Waals surface area contributed by atoms with Gasteiger partial charge in [-0.3, -0.25) is 10.1 Å². The monoisotopic (exact) mass is 263 g/mol. The molecule has 1 atom stereocenters. The van der Waals surface area contributed by atoms with Gasteiger partial charge in [0.2, 0.25) is 0 Å². The van der Waals surface area contributed by atoms with Gasteiger partial charge in [0.05, 0.1) is 4.92 Å². The van der Waals surface area contributed by atoms with Gasteiger partial charge in [0, 0.05) is 29.9 Å². The van der Waals surface area contributed by atoms with E-state index < -0.39 is 0 Å². The van der Waals surface area contributed by atoms with Crippen molar-refractivity contribution in [2.45, 2.75) is 32.7 Å². The Labute approximate surface area is 113 Å². The summed E-state index contributed by atoms with van der Waals surface area (Å²) in [6, 6.07) is 5.75. The zero-order valence-corrected chi connectivity index (χ0v) is 11.6. The first-order valence-corrected chi connectivity index (χ1v) is 6.84. The molecular formula is C14H21N3O2. The molecule has 1 aromatic rings. The van der Waals surface area contributed by atoms with Gasteiger partial charge in [0.25, 0.3) is 5.69 Å². The molecule has 1 N–H and O–H groups in total. The Bertz CT molecular complexity index is 462. The van der Waals surface area contributed by atoms with Crippen molar-refractivity contribution in [3.63, 3.8) is 0 Å². The van der Waals surface area contributed by atoms with Crippen molar-refractivity contribution in [2.75, 3.05) is 25.0 Å². The van der Waals surface area contributed by atoms with Crippen molar-refractivity contribution in [1.82, 2.24) is 4.90 Å². The first kappa shape index (κ1) is 13.8. The SMILES string of the molecule is CCN1CCCC(Nc2ccc(C)c([N+](=O)[O-])c2)C1. The maximum Gasteiger partial charge on any atom is 0.274 e. The lowest BCUT2D eigenvalue weighted by Gasteiger charge is -2.32. The van der Waals surface area contributed by atoms with Crippen LogP contribution in [-0.2, 0) is 0 Å². The van der Waals surface area contributed by atoms with E-state index in [-0.39, 0.29) is 10.6 Å². The molecule has 1 fully saturated rings. The number of likely N-dealkylation sites (tertiary alicyclic amines) is 1. The molecule has 0 saturated carbocycles. The lowest BCUT2D eigenvalue weighted by Crippen LogP contribution is -2.41. The van der Waals surface area contributed by atoms with Crippen LogP contribution >= 0.6 is 0 Å². The van der Waals surface area contributed by atoms with Gasteiger partial charge in [-0.2, -0.15) is 0 Å². The first-order valence-electron chi connectivity index (χ1n) is 6.84. The van der Waals surface area contributed by atoms with E-state index in [1.165, 1.54) is 6.42 Å². The van der Waals surface area contributed by atoms with Gasteiger partial charge in [0.15, 0.2) is 0 Å². The maximum atomic E-state index is 10.9. The molecular weight excluding hydrogens is 242 g/mol. The lowest BCUT2D eigenvalue weighted by atomic mass is 10.0. The summed E-state index contributed by atoms with van der Waals surface area (Å²) >= 11 is 0. The summed E-state index contributed by atoms with van der Waals surface area (Å²) in [4.78, 5) is 13.0. The van der Waals surface area contributed by atoms with Crippen molar-refractivity contribution < 1.29 is 4.92 Å². The molecule has 5 heteroatoms. The van der Waals surface area contributed by atoms with Crippen LogP contribution in [0.15, 0.2) is 18.2 Å².